The number of benzene rings is 2. The second-order valence-corrected chi connectivity index (χ2v) is 13.7. The molecular weight excluding hydrogens is 484 g/mol. The Kier molecular flexibility index (Phi) is 8.41. The molecule has 0 amide bonds. The van der Waals surface area contributed by atoms with Crippen molar-refractivity contribution in [3.05, 3.63) is 59.7 Å². The largest absolute Gasteiger partial charge is 0.493 e. The second kappa shape index (κ2) is 11.1. The first-order valence-corrected chi connectivity index (χ1v) is 14.3. The molecule has 2 aliphatic rings. The van der Waals surface area contributed by atoms with Gasteiger partial charge in [0.15, 0.2) is 17.8 Å². The van der Waals surface area contributed by atoms with E-state index in [2.05, 4.69) is 47.6 Å². The second-order valence-electron chi connectivity index (χ2n) is 12.3. The summed E-state index contributed by atoms with van der Waals surface area (Å²) in [5, 5.41) is -0.197. The van der Waals surface area contributed by atoms with E-state index in [-0.39, 0.29) is 34.4 Å². The van der Waals surface area contributed by atoms with Crippen molar-refractivity contribution in [2.75, 3.05) is 20.3 Å². The monoisotopic (exact) mass is 528 g/mol. The lowest BCUT2D eigenvalue weighted by Crippen LogP contribution is -2.55. The molecule has 0 radical (unpaired) electrons. The summed E-state index contributed by atoms with van der Waals surface area (Å²) in [6.07, 6.45) is -0.298. The zero-order chi connectivity index (χ0) is 26.8. The van der Waals surface area contributed by atoms with Crippen molar-refractivity contribution in [1.29, 1.82) is 0 Å². The molecule has 2 aliphatic heterocycles. The lowest BCUT2D eigenvalue weighted by atomic mass is 9.73. The first-order chi connectivity index (χ1) is 17.4. The number of ether oxygens (including phenoxy) is 6. The maximum absolute atomic E-state index is 6.72. The molecule has 0 spiro atoms. The van der Waals surface area contributed by atoms with Crippen LogP contribution in [0, 0.1) is 10.8 Å². The van der Waals surface area contributed by atoms with Gasteiger partial charge in [-0.2, -0.15) is 0 Å². The lowest BCUT2D eigenvalue weighted by molar-refractivity contribution is -0.295. The molecule has 0 saturated carbocycles. The van der Waals surface area contributed by atoms with E-state index in [0.29, 0.717) is 31.3 Å². The minimum atomic E-state index is -0.437. The Bertz CT molecular complexity index is 1010. The summed E-state index contributed by atoms with van der Waals surface area (Å²) in [7, 11) is 2.59. The highest BCUT2D eigenvalue weighted by Crippen LogP contribution is 2.45. The van der Waals surface area contributed by atoms with Crippen LogP contribution < -0.4 is 9.47 Å². The third kappa shape index (κ3) is 6.07. The summed E-state index contributed by atoms with van der Waals surface area (Å²) < 4.78 is 37.3. The minimum Gasteiger partial charge on any atom is -0.493 e. The molecule has 204 valence electrons. The molecule has 7 heteroatoms. The summed E-state index contributed by atoms with van der Waals surface area (Å²) in [5.74, 6) is 1.40. The van der Waals surface area contributed by atoms with Gasteiger partial charge in [0, 0.05) is 22.2 Å². The third-order valence-electron chi connectivity index (χ3n) is 8.13. The molecule has 4 rings (SSSR count). The first kappa shape index (κ1) is 28.1. The summed E-state index contributed by atoms with van der Waals surface area (Å²) >= 11 is 0. The van der Waals surface area contributed by atoms with E-state index in [0.717, 1.165) is 27.8 Å². The van der Waals surface area contributed by atoms with E-state index in [1.54, 1.807) is 7.11 Å². The topological polar surface area (TPSA) is 55.4 Å². The predicted octanol–water partition coefficient (Wildman–Crippen LogP) is 5.02. The Morgan fingerprint density at radius 3 is 2.27 bits per heavy atom. The molecule has 37 heavy (non-hydrogen) atoms. The van der Waals surface area contributed by atoms with Crippen molar-refractivity contribution in [3.8, 4) is 11.5 Å². The minimum absolute atomic E-state index is 0.0239. The van der Waals surface area contributed by atoms with Crippen LogP contribution in [0.3, 0.4) is 0 Å². The fourth-order valence-corrected chi connectivity index (χ4v) is 5.42. The van der Waals surface area contributed by atoms with Crippen LogP contribution in [-0.2, 0) is 25.6 Å². The Morgan fingerprint density at radius 1 is 0.919 bits per heavy atom. The van der Waals surface area contributed by atoms with E-state index in [1.807, 2.05) is 42.5 Å². The zero-order valence-corrected chi connectivity index (χ0v) is 25.7. The third-order valence-corrected chi connectivity index (χ3v) is 11.4. The van der Waals surface area contributed by atoms with E-state index >= 15 is 0 Å². The van der Waals surface area contributed by atoms with Crippen LogP contribution in [0.4, 0.5) is 0 Å². The Balaban J connectivity index is 1.52. The van der Waals surface area contributed by atoms with Gasteiger partial charge in [0.2, 0.25) is 0 Å². The fraction of sp³-hybridized carbons (Fsp3) is 0.600. The van der Waals surface area contributed by atoms with Crippen molar-refractivity contribution in [1.82, 2.24) is 0 Å². The smallest absolute Gasteiger partial charge is 0.184 e. The van der Waals surface area contributed by atoms with Crippen molar-refractivity contribution < 1.29 is 28.4 Å². The highest BCUT2D eigenvalue weighted by atomic mass is 28.1. The number of methoxy groups -OCH3 is 1. The first-order valence-electron chi connectivity index (χ1n) is 13.3. The summed E-state index contributed by atoms with van der Waals surface area (Å²) in [6, 6.07) is 16.1. The maximum atomic E-state index is 6.72. The molecule has 0 N–H and O–H groups in total. The molecule has 0 aromatic heterocycles. The van der Waals surface area contributed by atoms with Gasteiger partial charge in [0.1, 0.15) is 18.3 Å². The summed E-state index contributed by atoms with van der Waals surface area (Å²) in [4.78, 5) is 0. The van der Waals surface area contributed by atoms with Crippen molar-refractivity contribution in [2.45, 2.75) is 84.4 Å². The number of hydrogen-bond acceptors (Lipinski definition) is 6. The van der Waals surface area contributed by atoms with Gasteiger partial charge in [0.25, 0.3) is 0 Å². The molecule has 2 heterocycles. The molecule has 2 aromatic rings. The highest BCUT2D eigenvalue weighted by molar-refractivity contribution is 6.15. The molecule has 4 atom stereocenters. The summed E-state index contributed by atoms with van der Waals surface area (Å²) in [5.41, 5.74) is 2.10. The van der Waals surface area contributed by atoms with Gasteiger partial charge in [0.05, 0.1) is 32.2 Å². The normalized spacial score (nSPS) is 24.9. The van der Waals surface area contributed by atoms with Crippen molar-refractivity contribution in [3.63, 3.8) is 0 Å². The number of hydrogen-bond donors (Lipinski definition) is 0. The Hall–Kier alpha value is -1.90. The molecule has 2 fully saturated rings. The Labute approximate surface area is 225 Å². The quantitative estimate of drug-likeness (QED) is 0.471. The van der Waals surface area contributed by atoms with Gasteiger partial charge >= 0.3 is 0 Å². The van der Waals surface area contributed by atoms with Gasteiger partial charge in [-0.05, 0) is 28.5 Å². The number of rotatable bonds is 7. The molecular formula is C30H44O6Si. The van der Waals surface area contributed by atoms with Crippen LogP contribution in [0.5, 0.6) is 11.5 Å². The van der Waals surface area contributed by atoms with Gasteiger partial charge in [-0.15, -0.1) is 0 Å². The van der Waals surface area contributed by atoms with Gasteiger partial charge in [-0.3, -0.25) is 0 Å². The molecule has 0 bridgehead atoms. The van der Waals surface area contributed by atoms with Gasteiger partial charge < -0.3 is 28.4 Å². The molecule has 0 aliphatic carbocycles. The molecule has 4 unspecified atom stereocenters. The SMILES string of the molecule is COc1ccc(COC([SiH3])(C(C)(C)C)C(C)(C)C)cc1OC1CCOC2COC(c3ccccc3)OC21. The lowest BCUT2D eigenvalue weighted by Gasteiger charge is -2.51. The average molecular weight is 529 g/mol. The van der Waals surface area contributed by atoms with Crippen LogP contribution in [0.1, 0.15) is 65.4 Å². The standard InChI is InChI=1S/C30H44O6Si/c1-28(2,3)30(37,29(4,5)6)34-18-20-13-14-22(31-7)24(17-20)35-23-15-16-32-25-19-33-27(36-26(23)25)21-11-9-8-10-12-21/h8-14,17,23,25-27H,15-16,18-19H2,1-7,37H3. The van der Waals surface area contributed by atoms with E-state index < -0.39 is 6.29 Å². The van der Waals surface area contributed by atoms with Crippen LogP contribution in [-0.4, -0.2) is 54.1 Å². The van der Waals surface area contributed by atoms with Crippen LogP contribution in [0.2, 0.25) is 0 Å². The van der Waals surface area contributed by atoms with E-state index in [1.165, 1.54) is 0 Å². The Morgan fingerprint density at radius 2 is 1.62 bits per heavy atom. The van der Waals surface area contributed by atoms with Gasteiger partial charge in [-0.25, -0.2) is 0 Å². The van der Waals surface area contributed by atoms with Crippen molar-refractivity contribution >= 4 is 10.2 Å². The van der Waals surface area contributed by atoms with Gasteiger partial charge in [-0.1, -0.05) is 77.9 Å². The van der Waals surface area contributed by atoms with Crippen LogP contribution in [0.15, 0.2) is 48.5 Å². The van der Waals surface area contributed by atoms with E-state index in [9.17, 15) is 0 Å². The van der Waals surface area contributed by atoms with Crippen LogP contribution in [0.25, 0.3) is 0 Å². The molecule has 2 aromatic carbocycles. The molecule has 2 saturated heterocycles. The van der Waals surface area contributed by atoms with E-state index in [4.69, 9.17) is 28.4 Å². The maximum Gasteiger partial charge on any atom is 0.184 e. The van der Waals surface area contributed by atoms with Crippen LogP contribution >= 0.6 is 0 Å². The van der Waals surface area contributed by atoms with Crippen molar-refractivity contribution in [2.24, 2.45) is 10.8 Å². The zero-order valence-electron chi connectivity index (χ0n) is 23.7. The number of fused-ring (bicyclic) bond motifs is 1. The molecule has 6 nitrogen and oxygen atoms in total. The predicted molar refractivity (Wildman–Crippen MR) is 148 cm³/mol. The fourth-order valence-electron chi connectivity index (χ4n) is 5.28. The average Bonchev–Trinajstić information content (AvgIpc) is 2.86. The summed E-state index contributed by atoms with van der Waals surface area (Å²) in [6.45, 7) is 15.2. The highest BCUT2D eigenvalue weighted by Gasteiger charge is 2.47.